The fraction of sp³-hybridized carbons (Fsp3) is 0.875. The monoisotopic (exact) mass is 159 g/mol. The highest BCUT2D eigenvalue weighted by Crippen LogP contribution is 1.99. The van der Waals surface area contributed by atoms with Crippen molar-refractivity contribution in [2.24, 2.45) is 0 Å². The zero-order valence-corrected chi connectivity index (χ0v) is 7.76. The molecule has 0 heterocycles. The van der Waals surface area contributed by atoms with Crippen LogP contribution in [0.1, 0.15) is 20.3 Å². The SMILES string of the molecule is CCOC(=O)CC(C)N(C)C. The van der Waals surface area contributed by atoms with Gasteiger partial charge in [-0.3, -0.25) is 4.79 Å². The van der Waals surface area contributed by atoms with E-state index in [1.807, 2.05) is 32.8 Å². The average Bonchev–Trinajstić information content (AvgIpc) is 1.87. The van der Waals surface area contributed by atoms with Crippen LogP contribution in [0.15, 0.2) is 0 Å². The van der Waals surface area contributed by atoms with Crippen LogP contribution < -0.4 is 0 Å². The van der Waals surface area contributed by atoms with Crippen LogP contribution in [0.2, 0.25) is 0 Å². The van der Waals surface area contributed by atoms with E-state index in [0.717, 1.165) is 0 Å². The summed E-state index contributed by atoms with van der Waals surface area (Å²) < 4.78 is 4.80. The zero-order valence-electron chi connectivity index (χ0n) is 7.76. The maximum atomic E-state index is 10.9. The summed E-state index contributed by atoms with van der Waals surface area (Å²) in [6.07, 6.45) is 0.473. The third-order valence-corrected chi connectivity index (χ3v) is 1.65. The van der Waals surface area contributed by atoms with Crippen LogP contribution in [0, 0.1) is 0 Å². The fourth-order valence-electron chi connectivity index (χ4n) is 0.644. The van der Waals surface area contributed by atoms with E-state index < -0.39 is 0 Å². The minimum Gasteiger partial charge on any atom is -0.466 e. The van der Waals surface area contributed by atoms with Crippen molar-refractivity contribution >= 4 is 5.97 Å². The van der Waals surface area contributed by atoms with Gasteiger partial charge in [-0.05, 0) is 27.9 Å². The molecule has 0 radical (unpaired) electrons. The van der Waals surface area contributed by atoms with Gasteiger partial charge in [0, 0.05) is 6.04 Å². The first-order valence-electron chi connectivity index (χ1n) is 3.90. The van der Waals surface area contributed by atoms with Crippen LogP contribution >= 0.6 is 0 Å². The van der Waals surface area contributed by atoms with Crippen LogP contribution in [0.25, 0.3) is 0 Å². The largest absolute Gasteiger partial charge is 0.466 e. The molecular weight excluding hydrogens is 142 g/mol. The van der Waals surface area contributed by atoms with Crippen LogP contribution in [-0.4, -0.2) is 37.6 Å². The van der Waals surface area contributed by atoms with E-state index in [4.69, 9.17) is 4.74 Å². The third kappa shape index (κ3) is 4.79. The van der Waals surface area contributed by atoms with Gasteiger partial charge >= 0.3 is 5.97 Å². The zero-order chi connectivity index (χ0) is 8.85. The molecule has 0 N–H and O–H groups in total. The third-order valence-electron chi connectivity index (χ3n) is 1.65. The molecule has 0 spiro atoms. The molecule has 3 nitrogen and oxygen atoms in total. The minimum absolute atomic E-state index is 0.117. The van der Waals surface area contributed by atoms with E-state index in [2.05, 4.69) is 0 Å². The Hall–Kier alpha value is -0.570. The second-order valence-corrected chi connectivity index (χ2v) is 2.82. The summed E-state index contributed by atoms with van der Waals surface area (Å²) >= 11 is 0. The highest BCUT2D eigenvalue weighted by Gasteiger charge is 2.10. The van der Waals surface area contributed by atoms with Gasteiger partial charge in [0.15, 0.2) is 0 Å². The van der Waals surface area contributed by atoms with Crippen molar-refractivity contribution in [3.63, 3.8) is 0 Å². The first kappa shape index (κ1) is 10.4. The minimum atomic E-state index is -0.117. The maximum Gasteiger partial charge on any atom is 0.307 e. The number of rotatable bonds is 4. The second kappa shape index (κ2) is 5.13. The lowest BCUT2D eigenvalue weighted by molar-refractivity contribution is -0.144. The van der Waals surface area contributed by atoms with E-state index in [1.54, 1.807) is 0 Å². The lowest BCUT2D eigenvalue weighted by Gasteiger charge is -2.18. The van der Waals surface area contributed by atoms with E-state index in [0.29, 0.717) is 13.0 Å². The Kier molecular flexibility index (Phi) is 4.86. The average molecular weight is 159 g/mol. The van der Waals surface area contributed by atoms with Crippen LogP contribution in [-0.2, 0) is 9.53 Å². The Bertz CT molecular complexity index is 123. The molecule has 0 saturated carbocycles. The van der Waals surface area contributed by atoms with Crippen molar-refractivity contribution in [2.45, 2.75) is 26.3 Å². The predicted molar refractivity (Wildman–Crippen MR) is 44.4 cm³/mol. The molecule has 11 heavy (non-hydrogen) atoms. The van der Waals surface area contributed by atoms with Gasteiger partial charge < -0.3 is 9.64 Å². The number of ether oxygens (including phenoxy) is 1. The molecule has 0 amide bonds. The smallest absolute Gasteiger partial charge is 0.307 e. The van der Waals surface area contributed by atoms with E-state index in [1.165, 1.54) is 0 Å². The molecule has 1 unspecified atom stereocenters. The van der Waals surface area contributed by atoms with Gasteiger partial charge in [-0.15, -0.1) is 0 Å². The number of hydrogen-bond donors (Lipinski definition) is 0. The first-order chi connectivity index (χ1) is 5.07. The van der Waals surface area contributed by atoms with Crippen LogP contribution in [0.4, 0.5) is 0 Å². The molecule has 0 saturated heterocycles. The Morgan fingerprint density at radius 1 is 1.55 bits per heavy atom. The Morgan fingerprint density at radius 2 is 2.09 bits per heavy atom. The summed E-state index contributed by atoms with van der Waals surface area (Å²) in [5.41, 5.74) is 0. The fourth-order valence-corrected chi connectivity index (χ4v) is 0.644. The Labute approximate surface area is 68.3 Å². The van der Waals surface area contributed by atoms with Crippen molar-refractivity contribution in [3.8, 4) is 0 Å². The normalized spacial score (nSPS) is 13.2. The van der Waals surface area contributed by atoms with E-state index in [9.17, 15) is 4.79 Å². The lowest BCUT2D eigenvalue weighted by atomic mass is 10.2. The molecule has 0 aliphatic rings. The number of hydrogen-bond acceptors (Lipinski definition) is 3. The molecule has 0 bridgehead atoms. The lowest BCUT2D eigenvalue weighted by Crippen LogP contribution is -2.27. The molecular formula is C8H17NO2. The number of carbonyl (C=O) groups is 1. The Morgan fingerprint density at radius 3 is 2.45 bits per heavy atom. The highest BCUT2D eigenvalue weighted by molar-refractivity contribution is 5.69. The molecule has 0 aliphatic heterocycles. The molecule has 3 heteroatoms. The molecule has 66 valence electrons. The summed E-state index contributed by atoms with van der Waals surface area (Å²) in [5, 5.41) is 0. The Balaban J connectivity index is 3.57. The molecule has 1 atom stereocenters. The van der Waals surface area contributed by atoms with E-state index >= 15 is 0 Å². The van der Waals surface area contributed by atoms with Gasteiger partial charge in [-0.25, -0.2) is 0 Å². The first-order valence-corrected chi connectivity index (χ1v) is 3.90. The van der Waals surface area contributed by atoms with Gasteiger partial charge in [-0.1, -0.05) is 0 Å². The van der Waals surface area contributed by atoms with Gasteiger partial charge in [0.2, 0.25) is 0 Å². The highest BCUT2D eigenvalue weighted by atomic mass is 16.5. The van der Waals surface area contributed by atoms with Gasteiger partial charge in [0.25, 0.3) is 0 Å². The van der Waals surface area contributed by atoms with E-state index in [-0.39, 0.29) is 12.0 Å². The summed E-state index contributed by atoms with van der Waals surface area (Å²) in [6.45, 7) is 4.29. The molecule has 0 fully saturated rings. The maximum absolute atomic E-state index is 10.9. The van der Waals surface area contributed by atoms with Crippen molar-refractivity contribution in [1.29, 1.82) is 0 Å². The summed E-state index contributed by atoms with van der Waals surface area (Å²) in [4.78, 5) is 12.9. The topological polar surface area (TPSA) is 29.5 Å². The number of esters is 1. The molecule has 0 aromatic heterocycles. The van der Waals surface area contributed by atoms with Crippen LogP contribution in [0.5, 0.6) is 0 Å². The van der Waals surface area contributed by atoms with Gasteiger partial charge in [-0.2, -0.15) is 0 Å². The van der Waals surface area contributed by atoms with Crippen molar-refractivity contribution in [1.82, 2.24) is 4.90 Å². The quantitative estimate of drug-likeness (QED) is 0.570. The molecule has 0 aromatic carbocycles. The van der Waals surface area contributed by atoms with Crippen molar-refractivity contribution in [2.75, 3.05) is 20.7 Å². The van der Waals surface area contributed by atoms with Gasteiger partial charge in [0.1, 0.15) is 0 Å². The van der Waals surface area contributed by atoms with Crippen molar-refractivity contribution in [3.05, 3.63) is 0 Å². The predicted octanol–water partition coefficient (Wildman–Crippen LogP) is 0.890. The molecule has 0 rings (SSSR count). The summed E-state index contributed by atoms with van der Waals surface area (Å²) in [7, 11) is 3.90. The van der Waals surface area contributed by atoms with Crippen LogP contribution in [0.3, 0.4) is 0 Å². The second-order valence-electron chi connectivity index (χ2n) is 2.82. The number of carbonyl (C=O) groups excluding carboxylic acids is 1. The standard InChI is InChI=1S/C8H17NO2/c1-5-11-8(10)6-7(2)9(3)4/h7H,5-6H2,1-4H3. The molecule has 0 aliphatic carbocycles. The van der Waals surface area contributed by atoms with Crippen molar-refractivity contribution < 1.29 is 9.53 Å². The summed E-state index contributed by atoms with van der Waals surface area (Å²) in [5.74, 6) is -0.117. The van der Waals surface area contributed by atoms with Gasteiger partial charge in [0.05, 0.1) is 13.0 Å². The molecule has 0 aromatic rings. The summed E-state index contributed by atoms with van der Waals surface area (Å²) in [6, 6.07) is 0.258. The number of nitrogens with zero attached hydrogens (tertiary/aromatic N) is 1.